The van der Waals surface area contributed by atoms with Crippen LogP contribution in [-0.2, 0) is 25.8 Å². The van der Waals surface area contributed by atoms with Crippen LogP contribution in [0, 0.1) is 12.1 Å². The van der Waals surface area contributed by atoms with Crippen LogP contribution in [0.2, 0.25) is 0 Å². The molecule has 0 nitrogen and oxygen atoms in total. The van der Waals surface area contributed by atoms with E-state index in [-0.39, 0.29) is 50.7 Å². The third kappa shape index (κ3) is 11.8. The Hall–Kier alpha value is -2.45. The predicted octanol–water partition coefficient (Wildman–Crippen LogP) is 8.93. The van der Waals surface area contributed by atoms with E-state index in [4.69, 9.17) is 0 Å². The summed E-state index contributed by atoms with van der Waals surface area (Å²) in [6.45, 7) is 0. The van der Waals surface area contributed by atoms with Crippen molar-refractivity contribution < 1.29 is 25.8 Å². The van der Waals surface area contributed by atoms with E-state index in [2.05, 4.69) is 97.1 Å². The number of hydrogen-bond donors (Lipinski definition) is 0. The van der Waals surface area contributed by atoms with Crippen LogP contribution in [-0.4, -0.2) is 0 Å². The van der Waals surface area contributed by atoms with E-state index in [1.807, 2.05) is 60.7 Å². The molecule has 0 unspecified atom stereocenters. The smallest absolute Gasteiger partial charge is 0.184 e. The van der Waals surface area contributed by atoms with Gasteiger partial charge >= 0.3 is 25.8 Å². The maximum atomic E-state index is 2.89. The van der Waals surface area contributed by atoms with E-state index in [0.29, 0.717) is 0 Å². The molecule has 3 heteroatoms. The van der Waals surface area contributed by atoms with Crippen LogP contribution in [0.3, 0.4) is 0 Å². The Labute approximate surface area is 228 Å². The van der Waals surface area contributed by atoms with E-state index in [9.17, 15) is 0 Å². The number of hydrogen-bond acceptors (Lipinski definition) is 0. The van der Waals surface area contributed by atoms with Crippen LogP contribution >= 0.6 is 24.8 Å². The van der Waals surface area contributed by atoms with Crippen LogP contribution in [0.15, 0.2) is 146 Å². The first-order chi connectivity index (χ1) is 14.9. The standard InChI is InChI=1S/2C9H7.2C6H5.2ClH.Hf/c2*1-2-5-9-7-3-6-8(9)4-1;2*1-2-4-6-5-3-1;;;/h2*1-7H;2*1-5H;2*1H;/q4*-1;;;+4. The molecule has 0 bridgehead atoms. The minimum Gasteiger partial charge on any atom is -0.184 e. The molecule has 0 fully saturated rings. The first-order valence-corrected chi connectivity index (χ1v) is 9.96. The SMILES string of the molecule is Cl.Cl.[Hf+4].[c-]1ccccc1.[c-]1ccccc1.c1ccc2[cH-]ccc2c1.c1ccc2[cH-]ccc2c1. The predicted molar refractivity (Wildman–Crippen MR) is 144 cm³/mol. The van der Waals surface area contributed by atoms with Gasteiger partial charge < -0.3 is 0 Å². The first kappa shape index (κ1) is 30.6. The minimum atomic E-state index is 0. The van der Waals surface area contributed by atoms with Gasteiger partial charge in [0.05, 0.1) is 0 Å². The zero-order valence-corrected chi connectivity index (χ0v) is 23.4. The van der Waals surface area contributed by atoms with Crippen LogP contribution in [0.5, 0.6) is 0 Å². The van der Waals surface area contributed by atoms with E-state index >= 15 is 0 Å². The molecule has 0 aliphatic heterocycles. The van der Waals surface area contributed by atoms with Crippen LogP contribution in [0.1, 0.15) is 0 Å². The monoisotopic (exact) mass is 636 g/mol. The minimum absolute atomic E-state index is 0. The van der Waals surface area contributed by atoms with E-state index in [1.165, 1.54) is 21.5 Å². The Kier molecular flexibility index (Phi) is 17.6. The Morgan fingerprint density at radius 2 is 0.788 bits per heavy atom. The van der Waals surface area contributed by atoms with Gasteiger partial charge in [0.25, 0.3) is 0 Å². The van der Waals surface area contributed by atoms with Gasteiger partial charge in [0.2, 0.25) is 0 Å². The molecular formula is C30H26Cl2Hf. The first-order valence-electron chi connectivity index (χ1n) is 9.96. The zero-order chi connectivity index (χ0) is 20.7. The van der Waals surface area contributed by atoms with Crippen molar-refractivity contribution in [3.63, 3.8) is 0 Å². The molecule has 6 aromatic carbocycles. The summed E-state index contributed by atoms with van der Waals surface area (Å²) in [6.07, 6.45) is 0. The molecule has 6 aromatic rings. The third-order valence-electron chi connectivity index (χ3n) is 4.31. The molecule has 0 aliphatic carbocycles. The topological polar surface area (TPSA) is 0 Å². The molecule has 0 spiro atoms. The van der Waals surface area contributed by atoms with Gasteiger partial charge in [-0.1, -0.05) is 12.1 Å². The Balaban J connectivity index is 0.000000409. The van der Waals surface area contributed by atoms with Crippen molar-refractivity contribution in [2.75, 3.05) is 0 Å². The van der Waals surface area contributed by atoms with Crippen molar-refractivity contribution in [2.24, 2.45) is 0 Å². The largest absolute Gasteiger partial charge is 4.00 e. The Bertz CT molecular complexity index is 984. The molecule has 0 aromatic heterocycles. The average Bonchev–Trinajstić information content (AvgIpc) is 3.52. The molecule has 0 atom stereocenters. The molecule has 0 saturated heterocycles. The molecule has 0 heterocycles. The molecular weight excluding hydrogens is 610 g/mol. The summed E-state index contributed by atoms with van der Waals surface area (Å²) in [4.78, 5) is 0. The number of benzene rings is 4. The number of fused-ring (bicyclic) bond motifs is 2. The molecule has 0 radical (unpaired) electrons. The molecule has 0 N–H and O–H groups in total. The number of halogens is 2. The van der Waals surface area contributed by atoms with Gasteiger partial charge in [-0.15, -0.1) is 84.1 Å². The summed E-state index contributed by atoms with van der Waals surface area (Å²) in [7, 11) is 0. The number of rotatable bonds is 0. The van der Waals surface area contributed by atoms with Crippen molar-refractivity contribution in [1.82, 2.24) is 0 Å². The van der Waals surface area contributed by atoms with Gasteiger partial charge in [-0.05, 0) is 0 Å². The van der Waals surface area contributed by atoms with Crippen LogP contribution in [0.25, 0.3) is 21.5 Å². The molecule has 6 rings (SSSR count). The molecule has 164 valence electrons. The van der Waals surface area contributed by atoms with Crippen molar-refractivity contribution in [2.45, 2.75) is 0 Å². The maximum absolute atomic E-state index is 2.89. The summed E-state index contributed by atoms with van der Waals surface area (Å²) in [5.41, 5.74) is 0. The summed E-state index contributed by atoms with van der Waals surface area (Å²) in [5.74, 6) is 0. The summed E-state index contributed by atoms with van der Waals surface area (Å²) >= 11 is 0. The van der Waals surface area contributed by atoms with Gasteiger partial charge in [-0.25, -0.2) is 0 Å². The fourth-order valence-corrected chi connectivity index (χ4v) is 2.82. The fourth-order valence-electron chi connectivity index (χ4n) is 2.82. The summed E-state index contributed by atoms with van der Waals surface area (Å²) in [6, 6.07) is 54.3. The van der Waals surface area contributed by atoms with E-state index < -0.39 is 0 Å². The quantitative estimate of drug-likeness (QED) is 0.116. The van der Waals surface area contributed by atoms with Gasteiger partial charge in [0.1, 0.15) is 0 Å². The van der Waals surface area contributed by atoms with Crippen LogP contribution in [0.4, 0.5) is 0 Å². The van der Waals surface area contributed by atoms with Gasteiger partial charge in [0, 0.05) is 0 Å². The Morgan fingerprint density at radius 3 is 1.06 bits per heavy atom. The second kappa shape index (κ2) is 19.1. The molecule has 0 aliphatic rings. The van der Waals surface area contributed by atoms with Gasteiger partial charge in [0.15, 0.2) is 0 Å². The molecule has 0 saturated carbocycles. The third-order valence-corrected chi connectivity index (χ3v) is 4.31. The van der Waals surface area contributed by atoms with Gasteiger partial charge in [-0.2, -0.15) is 108 Å². The van der Waals surface area contributed by atoms with Crippen molar-refractivity contribution in [1.29, 1.82) is 0 Å². The molecule has 0 amide bonds. The van der Waals surface area contributed by atoms with Crippen molar-refractivity contribution in [3.05, 3.63) is 158 Å². The van der Waals surface area contributed by atoms with Crippen molar-refractivity contribution >= 4 is 46.4 Å². The average molecular weight is 636 g/mol. The van der Waals surface area contributed by atoms with Crippen molar-refractivity contribution in [3.8, 4) is 0 Å². The fraction of sp³-hybridized carbons (Fsp3) is 0. The maximum Gasteiger partial charge on any atom is 4.00 e. The van der Waals surface area contributed by atoms with Gasteiger partial charge in [-0.3, -0.25) is 0 Å². The zero-order valence-electron chi connectivity index (χ0n) is 18.2. The second-order valence-electron chi connectivity index (χ2n) is 6.46. The van der Waals surface area contributed by atoms with E-state index in [0.717, 1.165) is 0 Å². The van der Waals surface area contributed by atoms with E-state index in [1.54, 1.807) is 0 Å². The van der Waals surface area contributed by atoms with Crippen LogP contribution < -0.4 is 0 Å². The Morgan fingerprint density at radius 1 is 0.424 bits per heavy atom. The molecule has 33 heavy (non-hydrogen) atoms. The second-order valence-corrected chi connectivity index (χ2v) is 6.46. The summed E-state index contributed by atoms with van der Waals surface area (Å²) in [5, 5.41) is 5.32. The summed E-state index contributed by atoms with van der Waals surface area (Å²) < 4.78 is 0. The normalized spacial score (nSPS) is 8.48.